The fourth-order valence-corrected chi connectivity index (χ4v) is 4.07. The van der Waals surface area contributed by atoms with Gasteiger partial charge in [-0.15, -0.1) is 10.2 Å². The number of benzene rings is 2. The van der Waals surface area contributed by atoms with Crippen LogP contribution in [-0.4, -0.2) is 28.0 Å². The minimum absolute atomic E-state index is 0.540. The first-order chi connectivity index (χ1) is 14.3. The molecule has 3 heterocycles. The van der Waals surface area contributed by atoms with Gasteiger partial charge >= 0.3 is 0 Å². The van der Waals surface area contributed by atoms with Crippen LogP contribution in [0.4, 0.5) is 0 Å². The molecule has 0 saturated heterocycles. The Labute approximate surface area is 172 Å². The van der Waals surface area contributed by atoms with E-state index >= 15 is 0 Å². The zero-order valence-electron chi connectivity index (χ0n) is 15.9. The van der Waals surface area contributed by atoms with Gasteiger partial charge in [-0.1, -0.05) is 41.6 Å². The first-order valence-electron chi connectivity index (χ1n) is 9.35. The Bertz CT molecular complexity index is 1120. The lowest BCUT2D eigenvalue weighted by Crippen LogP contribution is -2.15. The first kappa shape index (κ1) is 17.9. The van der Waals surface area contributed by atoms with Crippen molar-refractivity contribution in [3.63, 3.8) is 0 Å². The second-order valence-electron chi connectivity index (χ2n) is 6.72. The summed E-state index contributed by atoms with van der Waals surface area (Å²) in [5.41, 5.74) is 3.38. The minimum Gasteiger partial charge on any atom is -0.486 e. The van der Waals surface area contributed by atoms with E-state index in [1.807, 2.05) is 34.9 Å². The van der Waals surface area contributed by atoms with Crippen molar-refractivity contribution in [3.05, 3.63) is 72.0 Å². The van der Waals surface area contributed by atoms with Crippen LogP contribution in [0.2, 0.25) is 0 Å². The lowest BCUT2D eigenvalue weighted by molar-refractivity contribution is 0.171. The first-order valence-corrected chi connectivity index (χ1v) is 10.3. The Balaban J connectivity index is 1.53. The van der Waals surface area contributed by atoms with E-state index in [1.165, 1.54) is 11.1 Å². The summed E-state index contributed by atoms with van der Waals surface area (Å²) in [6.45, 7) is 3.19. The molecule has 1 aliphatic rings. The molecule has 4 aromatic rings. The van der Waals surface area contributed by atoms with E-state index < -0.39 is 0 Å². The van der Waals surface area contributed by atoms with Gasteiger partial charge in [0.15, 0.2) is 22.4 Å². The van der Waals surface area contributed by atoms with E-state index in [-0.39, 0.29) is 0 Å². The second kappa shape index (κ2) is 7.67. The van der Waals surface area contributed by atoms with Gasteiger partial charge in [-0.3, -0.25) is 4.57 Å². The highest BCUT2D eigenvalue weighted by Crippen LogP contribution is 2.36. The number of aryl methyl sites for hydroxylation is 1. The fourth-order valence-electron chi connectivity index (χ4n) is 3.16. The number of hydrogen-bond donors (Lipinski definition) is 0. The molecular formula is C22H19N3O3S. The van der Waals surface area contributed by atoms with Gasteiger partial charge in [0.05, 0.1) is 12.0 Å². The van der Waals surface area contributed by atoms with Crippen molar-refractivity contribution in [2.24, 2.45) is 0 Å². The Hall–Kier alpha value is -3.19. The van der Waals surface area contributed by atoms with Crippen LogP contribution in [0.25, 0.3) is 17.3 Å². The normalized spacial score (nSPS) is 12.9. The summed E-state index contributed by atoms with van der Waals surface area (Å²) in [6.07, 6.45) is 1.64. The molecule has 0 amide bonds. The van der Waals surface area contributed by atoms with Crippen molar-refractivity contribution < 1.29 is 13.9 Å². The van der Waals surface area contributed by atoms with Crippen LogP contribution in [0.1, 0.15) is 11.1 Å². The molecule has 0 unspecified atom stereocenters. The van der Waals surface area contributed by atoms with E-state index in [1.54, 1.807) is 18.0 Å². The third kappa shape index (κ3) is 3.61. The standard InChI is InChI=1S/C22H19N3O3S/c1-15-4-6-16(7-5-15)14-29-22-24-23-21(19-3-2-10-26-19)25(22)17-8-9-18-20(13-17)28-12-11-27-18/h2-10,13H,11-12,14H2,1H3. The van der Waals surface area contributed by atoms with Crippen molar-refractivity contribution in [1.82, 2.24) is 14.8 Å². The van der Waals surface area contributed by atoms with Crippen molar-refractivity contribution in [1.29, 1.82) is 0 Å². The maximum Gasteiger partial charge on any atom is 0.205 e. The van der Waals surface area contributed by atoms with Gasteiger partial charge < -0.3 is 13.9 Å². The van der Waals surface area contributed by atoms with Gasteiger partial charge in [0.25, 0.3) is 0 Å². The molecule has 0 saturated carbocycles. The molecule has 2 aromatic heterocycles. The van der Waals surface area contributed by atoms with Crippen LogP contribution in [0.3, 0.4) is 0 Å². The zero-order chi connectivity index (χ0) is 19.6. The van der Waals surface area contributed by atoms with Gasteiger partial charge in [-0.05, 0) is 36.8 Å². The molecular weight excluding hydrogens is 386 g/mol. The lowest BCUT2D eigenvalue weighted by Gasteiger charge is -2.19. The van der Waals surface area contributed by atoms with Crippen LogP contribution in [0, 0.1) is 6.92 Å². The van der Waals surface area contributed by atoms with Crippen LogP contribution in [0.5, 0.6) is 11.5 Å². The molecule has 7 heteroatoms. The number of nitrogens with zero attached hydrogens (tertiary/aromatic N) is 3. The molecule has 0 fully saturated rings. The molecule has 0 radical (unpaired) electrons. The van der Waals surface area contributed by atoms with E-state index in [9.17, 15) is 0 Å². The summed E-state index contributed by atoms with van der Waals surface area (Å²) in [6, 6.07) is 18.1. The van der Waals surface area contributed by atoms with E-state index in [0.29, 0.717) is 24.8 Å². The Morgan fingerprint density at radius 3 is 2.59 bits per heavy atom. The smallest absolute Gasteiger partial charge is 0.205 e. The van der Waals surface area contributed by atoms with Crippen molar-refractivity contribution >= 4 is 11.8 Å². The number of hydrogen-bond acceptors (Lipinski definition) is 6. The highest BCUT2D eigenvalue weighted by molar-refractivity contribution is 7.98. The summed E-state index contributed by atoms with van der Waals surface area (Å²) in [5, 5.41) is 9.62. The predicted octanol–water partition coefficient (Wildman–Crippen LogP) is 4.90. The molecule has 0 spiro atoms. The number of aromatic nitrogens is 3. The molecule has 0 N–H and O–H groups in total. The van der Waals surface area contributed by atoms with E-state index in [0.717, 1.165) is 28.1 Å². The summed E-state index contributed by atoms with van der Waals surface area (Å²) in [5.74, 6) is 3.58. The maximum absolute atomic E-state index is 5.76. The average molecular weight is 405 g/mol. The molecule has 29 heavy (non-hydrogen) atoms. The topological polar surface area (TPSA) is 62.3 Å². The summed E-state index contributed by atoms with van der Waals surface area (Å²) >= 11 is 1.63. The molecule has 0 bridgehead atoms. The number of thioether (sulfide) groups is 1. The predicted molar refractivity (Wildman–Crippen MR) is 111 cm³/mol. The van der Waals surface area contributed by atoms with Crippen LogP contribution < -0.4 is 9.47 Å². The Kier molecular flexibility index (Phi) is 4.73. The fraction of sp³-hybridized carbons (Fsp3) is 0.182. The SMILES string of the molecule is Cc1ccc(CSc2nnc(-c3ccco3)n2-c2ccc3c(c2)OCCO3)cc1. The van der Waals surface area contributed by atoms with Gasteiger partial charge in [0.1, 0.15) is 13.2 Å². The highest BCUT2D eigenvalue weighted by atomic mass is 32.2. The molecule has 2 aromatic carbocycles. The summed E-state index contributed by atoms with van der Waals surface area (Å²) < 4.78 is 19.0. The summed E-state index contributed by atoms with van der Waals surface area (Å²) in [7, 11) is 0. The van der Waals surface area contributed by atoms with Gasteiger partial charge in [-0.2, -0.15) is 0 Å². The zero-order valence-corrected chi connectivity index (χ0v) is 16.7. The number of ether oxygens (including phenoxy) is 2. The van der Waals surface area contributed by atoms with E-state index in [2.05, 4.69) is 41.4 Å². The molecule has 5 rings (SSSR count). The molecule has 146 valence electrons. The maximum atomic E-state index is 5.76. The van der Waals surface area contributed by atoms with Crippen molar-refractivity contribution in [2.75, 3.05) is 13.2 Å². The number of furan rings is 1. The van der Waals surface area contributed by atoms with Gasteiger partial charge in [0, 0.05) is 11.8 Å². The quantitative estimate of drug-likeness (QED) is 0.440. The third-order valence-corrected chi connectivity index (χ3v) is 5.65. The van der Waals surface area contributed by atoms with Gasteiger partial charge in [0.2, 0.25) is 5.82 Å². The van der Waals surface area contributed by atoms with Crippen molar-refractivity contribution in [3.8, 4) is 28.8 Å². The van der Waals surface area contributed by atoms with Crippen LogP contribution >= 0.6 is 11.8 Å². The van der Waals surface area contributed by atoms with E-state index in [4.69, 9.17) is 13.9 Å². The largest absolute Gasteiger partial charge is 0.486 e. The second-order valence-corrected chi connectivity index (χ2v) is 7.66. The Morgan fingerprint density at radius 2 is 1.79 bits per heavy atom. The summed E-state index contributed by atoms with van der Waals surface area (Å²) in [4.78, 5) is 0. The molecule has 0 aliphatic carbocycles. The molecule has 0 atom stereocenters. The number of rotatable bonds is 5. The van der Waals surface area contributed by atoms with Gasteiger partial charge in [-0.25, -0.2) is 0 Å². The monoisotopic (exact) mass is 405 g/mol. The van der Waals surface area contributed by atoms with Crippen LogP contribution in [0.15, 0.2) is 70.4 Å². The minimum atomic E-state index is 0.540. The lowest BCUT2D eigenvalue weighted by atomic mass is 10.2. The average Bonchev–Trinajstić information content (AvgIpc) is 3.43. The highest BCUT2D eigenvalue weighted by Gasteiger charge is 2.20. The molecule has 1 aliphatic heterocycles. The molecule has 6 nitrogen and oxygen atoms in total. The third-order valence-electron chi connectivity index (χ3n) is 4.65. The van der Waals surface area contributed by atoms with Crippen molar-refractivity contribution in [2.45, 2.75) is 17.8 Å². The Morgan fingerprint density at radius 1 is 0.966 bits per heavy atom. The number of fused-ring (bicyclic) bond motifs is 1. The van der Waals surface area contributed by atoms with Crippen LogP contribution in [-0.2, 0) is 5.75 Å².